The second-order valence-corrected chi connectivity index (χ2v) is 5.08. The van der Waals surface area contributed by atoms with Gasteiger partial charge in [-0.2, -0.15) is 0 Å². The third-order valence-corrected chi connectivity index (χ3v) is 3.26. The fourth-order valence-electron chi connectivity index (χ4n) is 0.684. The van der Waals surface area contributed by atoms with E-state index in [4.69, 9.17) is 16.7 Å². The monoisotopic (exact) mass is 229 g/mol. The molecule has 0 aliphatic carbocycles. The molecule has 13 heavy (non-hydrogen) atoms. The Morgan fingerprint density at radius 3 is 2.62 bits per heavy atom. The lowest BCUT2D eigenvalue weighted by Crippen LogP contribution is -2.33. The molecule has 0 fully saturated rings. The minimum absolute atomic E-state index is 0.0208. The molecule has 2 N–H and O–H groups in total. The highest BCUT2D eigenvalue weighted by Crippen LogP contribution is 1.94. The van der Waals surface area contributed by atoms with Crippen LogP contribution < -0.4 is 4.72 Å². The van der Waals surface area contributed by atoms with Gasteiger partial charge in [0.2, 0.25) is 10.0 Å². The number of rotatable bonds is 7. The van der Waals surface area contributed by atoms with Crippen LogP contribution in [0.4, 0.5) is 0 Å². The Balaban J connectivity index is 3.76. The zero-order chi connectivity index (χ0) is 10.3. The molecule has 1 unspecified atom stereocenters. The Morgan fingerprint density at radius 2 is 2.15 bits per heavy atom. The molecule has 0 aliphatic rings. The SMILES string of the molecule is CCC(O)CNS(=O)(=O)CCCCl. The molecule has 4 nitrogen and oxygen atoms in total. The van der Waals surface area contributed by atoms with Crippen LogP contribution in [0.15, 0.2) is 0 Å². The van der Waals surface area contributed by atoms with Gasteiger partial charge in [0.25, 0.3) is 0 Å². The summed E-state index contributed by atoms with van der Waals surface area (Å²) >= 11 is 5.36. The van der Waals surface area contributed by atoms with Crippen LogP contribution in [0.3, 0.4) is 0 Å². The predicted octanol–water partition coefficient (Wildman–Crippen LogP) is 0.306. The molecule has 0 bridgehead atoms. The Kier molecular flexibility index (Phi) is 6.67. The summed E-state index contributed by atoms with van der Waals surface area (Å²) in [7, 11) is -3.24. The summed E-state index contributed by atoms with van der Waals surface area (Å²) in [5, 5.41) is 9.09. The minimum Gasteiger partial charge on any atom is -0.392 e. The van der Waals surface area contributed by atoms with E-state index < -0.39 is 16.1 Å². The summed E-state index contributed by atoms with van der Waals surface area (Å²) in [4.78, 5) is 0. The first-order valence-corrected chi connectivity index (χ1v) is 6.42. The van der Waals surface area contributed by atoms with Crippen molar-refractivity contribution in [3.8, 4) is 0 Å². The van der Waals surface area contributed by atoms with Gasteiger partial charge >= 0.3 is 0 Å². The van der Waals surface area contributed by atoms with Crippen LogP contribution in [-0.2, 0) is 10.0 Å². The van der Waals surface area contributed by atoms with Crippen molar-refractivity contribution in [2.24, 2.45) is 0 Å². The van der Waals surface area contributed by atoms with E-state index in [9.17, 15) is 8.42 Å². The fraction of sp³-hybridized carbons (Fsp3) is 1.00. The first kappa shape index (κ1) is 13.2. The molecule has 0 radical (unpaired) electrons. The summed E-state index contributed by atoms with van der Waals surface area (Å²) in [5.74, 6) is 0.351. The number of halogens is 1. The topological polar surface area (TPSA) is 66.4 Å². The molecule has 0 aliphatic heterocycles. The van der Waals surface area contributed by atoms with E-state index in [1.54, 1.807) is 6.92 Å². The van der Waals surface area contributed by atoms with Crippen LogP contribution in [0.2, 0.25) is 0 Å². The lowest BCUT2D eigenvalue weighted by molar-refractivity contribution is 0.174. The molecule has 0 spiro atoms. The summed E-state index contributed by atoms with van der Waals surface area (Å²) < 4.78 is 24.6. The van der Waals surface area contributed by atoms with Gasteiger partial charge in [0.1, 0.15) is 0 Å². The van der Waals surface area contributed by atoms with Gasteiger partial charge in [0, 0.05) is 12.4 Å². The summed E-state index contributed by atoms with van der Waals surface area (Å²) in [6.07, 6.45) is 0.364. The number of alkyl halides is 1. The molecule has 0 saturated heterocycles. The van der Waals surface area contributed by atoms with Crippen molar-refractivity contribution in [1.29, 1.82) is 0 Å². The lowest BCUT2D eigenvalue weighted by atomic mass is 10.3. The molecule has 6 heteroatoms. The quantitative estimate of drug-likeness (QED) is 0.618. The van der Waals surface area contributed by atoms with Crippen LogP contribution in [0.1, 0.15) is 19.8 Å². The summed E-state index contributed by atoms with van der Waals surface area (Å²) in [5.41, 5.74) is 0. The van der Waals surface area contributed by atoms with Gasteiger partial charge in [0.15, 0.2) is 0 Å². The molecule has 0 saturated carbocycles. The van der Waals surface area contributed by atoms with Gasteiger partial charge in [-0.25, -0.2) is 13.1 Å². The smallest absolute Gasteiger partial charge is 0.211 e. The number of sulfonamides is 1. The van der Waals surface area contributed by atoms with Crippen LogP contribution in [-0.4, -0.2) is 37.8 Å². The predicted molar refractivity (Wildman–Crippen MR) is 53.4 cm³/mol. The highest BCUT2D eigenvalue weighted by molar-refractivity contribution is 7.89. The molecular formula is C7H16ClNO3S. The van der Waals surface area contributed by atoms with E-state index in [1.165, 1.54) is 0 Å². The zero-order valence-electron chi connectivity index (χ0n) is 7.66. The number of nitrogens with one attached hydrogen (secondary N) is 1. The van der Waals surface area contributed by atoms with Crippen molar-refractivity contribution < 1.29 is 13.5 Å². The summed E-state index contributed by atoms with van der Waals surface area (Å²) in [6, 6.07) is 0. The number of hydrogen-bond acceptors (Lipinski definition) is 3. The van der Waals surface area contributed by atoms with Crippen molar-refractivity contribution in [1.82, 2.24) is 4.72 Å². The second kappa shape index (κ2) is 6.59. The first-order chi connectivity index (χ1) is 6.02. The maximum atomic E-state index is 11.1. The van der Waals surface area contributed by atoms with Gasteiger partial charge in [-0.15, -0.1) is 11.6 Å². The Hall–Kier alpha value is 0.160. The van der Waals surface area contributed by atoms with E-state index in [2.05, 4.69) is 4.72 Å². The molecule has 0 amide bonds. The Morgan fingerprint density at radius 1 is 1.54 bits per heavy atom. The third-order valence-electron chi connectivity index (χ3n) is 1.56. The average Bonchev–Trinajstić information content (AvgIpc) is 2.11. The Labute approximate surface area is 84.3 Å². The number of hydrogen-bond donors (Lipinski definition) is 2. The molecule has 0 aromatic heterocycles. The molecule has 0 aromatic carbocycles. The van der Waals surface area contributed by atoms with E-state index in [-0.39, 0.29) is 12.3 Å². The number of aliphatic hydroxyl groups is 1. The normalized spacial score (nSPS) is 14.4. The average molecular weight is 230 g/mol. The van der Waals surface area contributed by atoms with Gasteiger partial charge in [0.05, 0.1) is 11.9 Å². The minimum atomic E-state index is -3.24. The molecule has 0 heterocycles. The van der Waals surface area contributed by atoms with Crippen molar-refractivity contribution in [2.45, 2.75) is 25.9 Å². The van der Waals surface area contributed by atoms with E-state index in [1.807, 2.05) is 0 Å². The van der Waals surface area contributed by atoms with Crippen molar-refractivity contribution >= 4 is 21.6 Å². The third kappa shape index (κ3) is 7.25. The van der Waals surface area contributed by atoms with Gasteiger partial charge in [-0.3, -0.25) is 0 Å². The largest absolute Gasteiger partial charge is 0.392 e. The van der Waals surface area contributed by atoms with Crippen molar-refractivity contribution in [2.75, 3.05) is 18.2 Å². The maximum Gasteiger partial charge on any atom is 0.211 e. The maximum absolute atomic E-state index is 11.1. The Bertz CT molecular complexity index is 218. The fourth-order valence-corrected chi connectivity index (χ4v) is 2.09. The van der Waals surface area contributed by atoms with Crippen LogP contribution in [0, 0.1) is 0 Å². The molecule has 0 rings (SSSR count). The first-order valence-electron chi connectivity index (χ1n) is 4.23. The standard InChI is InChI=1S/C7H16ClNO3S/c1-2-7(10)6-9-13(11,12)5-3-4-8/h7,9-10H,2-6H2,1H3. The van der Waals surface area contributed by atoms with Crippen molar-refractivity contribution in [3.63, 3.8) is 0 Å². The van der Waals surface area contributed by atoms with Crippen LogP contribution >= 0.6 is 11.6 Å². The van der Waals surface area contributed by atoms with Gasteiger partial charge in [-0.05, 0) is 12.8 Å². The van der Waals surface area contributed by atoms with Gasteiger partial charge in [-0.1, -0.05) is 6.92 Å². The molecule has 1 atom stereocenters. The van der Waals surface area contributed by atoms with E-state index in [0.29, 0.717) is 18.7 Å². The van der Waals surface area contributed by atoms with Crippen LogP contribution in [0.25, 0.3) is 0 Å². The molecular weight excluding hydrogens is 214 g/mol. The zero-order valence-corrected chi connectivity index (χ0v) is 9.24. The van der Waals surface area contributed by atoms with Crippen molar-refractivity contribution in [3.05, 3.63) is 0 Å². The highest BCUT2D eigenvalue weighted by atomic mass is 35.5. The van der Waals surface area contributed by atoms with E-state index >= 15 is 0 Å². The molecule has 0 aromatic rings. The highest BCUT2D eigenvalue weighted by Gasteiger charge is 2.10. The summed E-state index contributed by atoms with van der Waals surface area (Å²) in [6.45, 7) is 1.87. The molecule has 80 valence electrons. The van der Waals surface area contributed by atoms with Crippen LogP contribution in [0.5, 0.6) is 0 Å². The van der Waals surface area contributed by atoms with Gasteiger partial charge < -0.3 is 5.11 Å². The second-order valence-electron chi connectivity index (χ2n) is 2.77. The van der Waals surface area contributed by atoms with E-state index in [0.717, 1.165) is 0 Å². The number of aliphatic hydroxyl groups excluding tert-OH is 1. The lowest BCUT2D eigenvalue weighted by Gasteiger charge is -2.09.